The first-order valence-corrected chi connectivity index (χ1v) is 46.5. The third kappa shape index (κ3) is 88.1. The van der Waals surface area contributed by atoms with Gasteiger partial charge in [-0.2, -0.15) is 0 Å². The normalized spacial score (nSPS) is 12.8. The summed E-state index contributed by atoms with van der Waals surface area (Å²) < 4.78 is 23.1. The van der Waals surface area contributed by atoms with Gasteiger partial charge in [-0.15, -0.1) is 0 Å². The van der Waals surface area contributed by atoms with E-state index in [2.05, 4.69) is 74.6 Å². The van der Waals surface area contributed by atoms with Gasteiger partial charge in [-0.1, -0.05) is 441 Å². The maximum Gasteiger partial charge on any atom is 0.361 e. The summed E-state index contributed by atoms with van der Waals surface area (Å²) in [5.41, 5.74) is 0. The number of allylic oxidation sites excluding steroid dienone is 10. The predicted molar refractivity (Wildman–Crippen MR) is 457 cm³/mol. The number of rotatable bonds is 88. The topological polar surface area (TPSA) is 108 Å². The molecule has 0 fully saturated rings. The Hall–Kier alpha value is -3.01. The van der Waals surface area contributed by atoms with Crippen LogP contribution in [0.15, 0.2) is 60.8 Å². The summed E-state index contributed by atoms with van der Waals surface area (Å²) in [6, 6.07) is 0. The zero-order valence-electron chi connectivity index (χ0n) is 70.9. The second kappa shape index (κ2) is 86.6. The number of aliphatic carboxylic acids is 1. The van der Waals surface area contributed by atoms with Gasteiger partial charge >= 0.3 is 17.9 Å². The van der Waals surface area contributed by atoms with Gasteiger partial charge in [0.15, 0.2) is 6.10 Å². The zero-order valence-corrected chi connectivity index (χ0v) is 70.9. The molecule has 0 bridgehead atoms. The molecular formula is C96H180NO8+. The molecule has 2 unspecified atom stereocenters. The molecule has 0 aromatic carbocycles. The number of likely N-dealkylation sites (N-methyl/N-ethyl adjacent to an activating group) is 1. The van der Waals surface area contributed by atoms with E-state index in [1.54, 1.807) is 0 Å². The summed E-state index contributed by atoms with van der Waals surface area (Å²) in [7, 11) is 6.01. The average molecular weight is 1480 g/mol. The van der Waals surface area contributed by atoms with E-state index in [1.165, 1.54) is 392 Å². The minimum atomic E-state index is -1.51. The van der Waals surface area contributed by atoms with Crippen molar-refractivity contribution in [3.63, 3.8) is 0 Å². The number of carboxylic acids is 1. The van der Waals surface area contributed by atoms with Crippen LogP contribution in [0.25, 0.3) is 0 Å². The molecule has 0 saturated carbocycles. The molecule has 1 N–H and O–H groups in total. The number of nitrogens with zero attached hydrogens (tertiary/aromatic N) is 1. The quantitative estimate of drug-likeness (QED) is 0.0211. The summed E-state index contributed by atoms with van der Waals surface area (Å²) in [5.74, 6) is -1.97. The average Bonchev–Trinajstić information content (AvgIpc) is 1.97. The summed E-state index contributed by atoms with van der Waals surface area (Å²) in [6.45, 7) is 4.94. The Morgan fingerprint density at radius 3 is 0.762 bits per heavy atom. The van der Waals surface area contributed by atoms with Crippen molar-refractivity contribution in [3.8, 4) is 0 Å². The van der Waals surface area contributed by atoms with E-state index in [1.807, 2.05) is 21.1 Å². The van der Waals surface area contributed by atoms with Crippen molar-refractivity contribution >= 4 is 17.9 Å². The fraction of sp³-hybridized carbons (Fsp3) is 0.865. The molecule has 0 aromatic rings. The Labute approximate surface area is 654 Å². The van der Waals surface area contributed by atoms with Crippen molar-refractivity contribution in [2.24, 2.45) is 0 Å². The third-order valence-electron chi connectivity index (χ3n) is 21.2. The Bertz CT molecular complexity index is 1920. The van der Waals surface area contributed by atoms with E-state index in [9.17, 15) is 19.5 Å². The van der Waals surface area contributed by atoms with E-state index in [-0.39, 0.29) is 38.2 Å². The Morgan fingerprint density at radius 1 is 0.286 bits per heavy atom. The van der Waals surface area contributed by atoms with Crippen LogP contribution in [0.5, 0.6) is 0 Å². The number of carbonyl (C=O) groups is 3. The van der Waals surface area contributed by atoms with Crippen molar-refractivity contribution in [1.29, 1.82) is 0 Å². The number of esters is 2. The van der Waals surface area contributed by atoms with E-state index in [4.69, 9.17) is 18.9 Å². The molecular weight excluding hydrogens is 1300 g/mol. The number of ether oxygens (including phenoxy) is 4. The highest BCUT2D eigenvalue weighted by atomic mass is 16.7. The summed E-state index contributed by atoms with van der Waals surface area (Å²) in [6.07, 6.45) is 114. The van der Waals surface area contributed by atoms with Gasteiger partial charge in [0.25, 0.3) is 6.29 Å². The number of hydrogen-bond donors (Lipinski definition) is 1. The highest BCUT2D eigenvalue weighted by Crippen LogP contribution is 2.21. The van der Waals surface area contributed by atoms with Crippen molar-refractivity contribution in [3.05, 3.63) is 60.8 Å². The van der Waals surface area contributed by atoms with Crippen molar-refractivity contribution in [2.45, 2.75) is 489 Å². The molecule has 2 atom stereocenters. The highest BCUT2D eigenvalue weighted by molar-refractivity contribution is 5.71. The number of carboxylic acid groups (broad SMARTS) is 1. The largest absolute Gasteiger partial charge is 0.477 e. The molecule has 0 aliphatic heterocycles. The maximum absolute atomic E-state index is 13.0. The van der Waals surface area contributed by atoms with Crippen molar-refractivity contribution in [2.75, 3.05) is 47.5 Å². The van der Waals surface area contributed by atoms with E-state index in [0.29, 0.717) is 17.4 Å². The Kier molecular flexibility index (Phi) is 84.1. The standard InChI is InChI=1S/C96H179NO8/c1-6-8-10-12-14-16-18-20-22-24-26-28-30-32-34-36-38-40-42-44-46-47-49-50-52-54-56-58-60-62-64-66-68-70-72-74-76-78-80-82-84-86-93(98)103-90-92(91-104-96(95(100)101)102-89-88-97(3,4)5)105-94(99)87-85-83-81-79-77-75-73-71-69-67-65-63-61-59-57-55-53-51-48-45-43-41-39-37-35-33-31-29-27-25-23-21-19-17-15-13-11-9-7-2/h18-21,24-27,31,33,92,96H,6-17,22-23,28-30,32,34-91H2,1-5H3/p+1/b20-18-,21-19-,26-24-,27-25-,33-31-. The molecule has 9 nitrogen and oxygen atoms in total. The number of hydrogen-bond acceptors (Lipinski definition) is 7. The Balaban J connectivity index is 3.88. The van der Waals surface area contributed by atoms with Crippen LogP contribution in [-0.2, 0) is 33.3 Å². The molecule has 0 amide bonds. The number of carbonyl (C=O) groups excluding carboxylic acids is 2. The summed E-state index contributed by atoms with van der Waals surface area (Å²) in [4.78, 5) is 37.8. The van der Waals surface area contributed by atoms with Gasteiger partial charge in [0.05, 0.1) is 34.4 Å². The van der Waals surface area contributed by atoms with Gasteiger partial charge in [-0.05, 0) is 83.5 Å². The fourth-order valence-electron chi connectivity index (χ4n) is 14.2. The van der Waals surface area contributed by atoms with Crippen molar-refractivity contribution < 1.29 is 42.9 Å². The number of unbranched alkanes of at least 4 members (excludes halogenated alkanes) is 63. The molecule has 0 saturated heterocycles. The molecule has 0 radical (unpaired) electrons. The lowest BCUT2D eigenvalue weighted by atomic mass is 10.0. The highest BCUT2D eigenvalue weighted by Gasteiger charge is 2.25. The van der Waals surface area contributed by atoms with Gasteiger partial charge in [0.1, 0.15) is 13.2 Å². The van der Waals surface area contributed by atoms with Gasteiger partial charge < -0.3 is 28.5 Å². The molecule has 105 heavy (non-hydrogen) atoms. The molecule has 9 heteroatoms. The van der Waals surface area contributed by atoms with Crippen LogP contribution in [0, 0.1) is 0 Å². The Morgan fingerprint density at radius 2 is 0.514 bits per heavy atom. The van der Waals surface area contributed by atoms with Crippen LogP contribution in [0.3, 0.4) is 0 Å². The molecule has 0 aliphatic rings. The molecule has 0 aromatic heterocycles. The van der Waals surface area contributed by atoms with Crippen LogP contribution in [0.1, 0.15) is 476 Å². The van der Waals surface area contributed by atoms with E-state index < -0.39 is 18.4 Å². The van der Waals surface area contributed by atoms with E-state index in [0.717, 1.165) is 57.8 Å². The van der Waals surface area contributed by atoms with Crippen molar-refractivity contribution in [1.82, 2.24) is 0 Å². The van der Waals surface area contributed by atoms with Gasteiger partial charge in [0, 0.05) is 12.8 Å². The first-order valence-electron chi connectivity index (χ1n) is 46.5. The lowest BCUT2D eigenvalue weighted by Crippen LogP contribution is -2.40. The van der Waals surface area contributed by atoms with Crippen LogP contribution in [0.4, 0.5) is 0 Å². The second-order valence-corrected chi connectivity index (χ2v) is 33.0. The first-order chi connectivity index (χ1) is 51.6. The lowest BCUT2D eigenvalue weighted by molar-refractivity contribution is -0.870. The zero-order chi connectivity index (χ0) is 76.0. The molecule has 0 heterocycles. The van der Waals surface area contributed by atoms with E-state index >= 15 is 0 Å². The fourth-order valence-corrected chi connectivity index (χ4v) is 14.2. The van der Waals surface area contributed by atoms with Gasteiger partial charge in [-0.25, -0.2) is 4.79 Å². The minimum Gasteiger partial charge on any atom is -0.477 e. The monoisotopic (exact) mass is 1480 g/mol. The predicted octanol–water partition coefficient (Wildman–Crippen LogP) is 30.5. The summed E-state index contributed by atoms with van der Waals surface area (Å²) in [5, 5.41) is 9.80. The molecule has 0 rings (SSSR count). The summed E-state index contributed by atoms with van der Waals surface area (Å²) >= 11 is 0. The second-order valence-electron chi connectivity index (χ2n) is 33.0. The molecule has 0 spiro atoms. The van der Waals surface area contributed by atoms with Crippen LogP contribution < -0.4 is 0 Å². The van der Waals surface area contributed by atoms with Crippen LogP contribution in [-0.4, -0.2) is 87.4 Å². The van der Waals surface area contributed by atoms with Gasteiger partial charge in [0.2, 0.25) is 0 Å². The third-order valence-corrected chi connectivity index (χ3v) is 21.2. The minimum absolute atomic E-state index is 0.175. The van der Waals surface area contributed by atoms with Gasteiger partial charge in [-0.3, -0.25) is 9.59 Å². The lowest BCUT2D eigenvalue weighted by Gasteiger charge is -2.25. The smallest absolute Gasteiger partial charge is 0.361 e. The SMILES string of the molecule is CCCCCCC/C=C\C/C=C\C/C=C\CCCCCCCCCCCCCCCCCCCCCCCCCCC(=O)OC(COC(=O)CCCCCCCCCCCCCCCCCCCCCCCCCCCCCCC/C=C\C/C=C\CCCCCCC)COC(OCC[N+](C)(C)C)C(=O)O. The maximum atomic E-state index is 13.0. The first kappa shape index (κ1) is 102. The molecule has 0 aliphatic carbocycles. The van der Waals surface area contributed by atoms with Crippen LogP contribution >= 0.6 is 0 Å². The van der Waals surface area contributed by atoms with Crippen LogP contribution in [0.2, 0.25) is 0 Å². The molecule has 616 valence electrons. The number of quaternary nitrogens is 1.